The van der Waals surface area contributed by atoms with Crippen molar-refractivity contribution < 1.29 is 23.9 Å². The molecule has 0 bridgehead atoms. The molecule has 200 valence electrons. The number of nitrogens with zero attached hydrogens (tertiary/aromatic N) is 1. The van der Waals surface area contributed by atoms with Crippen molar-refractivity contribution in [3.63, 3.8) is 0 Å². The Bertz CT molecular complexity index is 1770. The molecule has 4 aliphatic rings. The number of aromatic amines is 1. The van der Waals surface area contributed by atoms with Gasteiger partial charge >= 0.3 is 0 Å². The van der Waals surface area contributed by atoms with E-state index in [-0.39, 0.29) is 31.1 Å². The fraction of sp³-hybridized carbons (Fsp3) is 0.233. The first-order chi connectivity index (χ1) is 19.4. The van der Waals surface area contributed by atoms with Gasteiger partial charge in [-0.05, 0) is 53.9 Å². The zero-order chi connectivity index (χ0) is 27.2. The van der Waals surface area contributed by atoms with Gasteiger partial charge in [-0.1, -0.05) is 35.9 Å². The van der Waals surface area contributed by atoms with Crippen LogP contribution in [-0.2, 0) is 32.9 Å². The Hall–Kier alpha value is -4.34. The lowest BCUT2D eigenvalue weighted by atomic mass is 9.76. The number of halogens is 1. The third kappa shape index (κ3) is 3.16. The first-order valence-corrected chi connectivity index (χ1v) is 13.5. The fourth-order valence-electron chi connectivity index (χ4n) is 6.92. The Morgan fingerprint density at radius 3 is 2.73 bits per heavy atom. The highest BCUT2D eigenvalue weighted by molar-refractivity contribution is 6.31. The van der Waals surface area contributed by atoms with Crippen molar-refractivity contribution >= 4 is 45.9 Å². The van der Waals surface area contributed by atoms with E-state index in [4.69, 9.17) is 21.1 Å². The monoisotopic (exact) mass is 554 g/mol. The van der Waals surface area contributed by atoms with E-state index in [1.54, 1.807) is 30.3 Å². The number of benzene rings is 3. The van der Waals surface area contributed by atoms with Crippen molar-refractivity contribution in [1.82, 2.24) is 15.2 Å². The van der Waals surface area contributed by atoms with Gasteiger partial charge in [-0.2, -0.15) is 0 Å². The van der Waals surface area contributed by atoms with Gasteiger partial charge < -0.3 is 19.8 Å². The molecule has 3 aromatic carbocycles. The molecule has 4 atom stereocenters. The molecule has 1 aromatic heterocycles. The van der Waals surface area contributed by atoms with Crippen LogP contribution in [0.1, 0.15) is 16.7 Å². The lowest BCUT2D eigenvalue weighted by Gasteiger charge is -2.29. The van der Waals surface area contributed by atoms with Crippen LogP contribution >= 0.6 is 11.6 Å². The number of hydrogen-bond donors (Lipinski definition) is 3. The second-order valence-electron chi connectivity index (χ2n) is 10.7. The Morgan fingerprint density at radius 1 is 0.975 bits per heavy atom. The number of fused-ring (bicyclic) bond motifs is 6. The quantitative estimate of drug-likeness (QED) is 0.332. The molecule has 4 aliphatic heterocycles. The van der Waals surface area contributed by atoms with Gasteiger partial charge in [-0.25, -0.2) is 0 Å². The van der Waals surface area contributed by atoms with Gasteiger partial charge in [0.25, 0.3) is 0 Å². The number of nitrogens with one attached hydrogen (secondary N) is 3. The number of hydrogen-bond acceptors (Lipinski definition) is 6. The van der Waals surface area contributed by atoms with Crippen LogP contribution in [0.2, 0.25) is 5.02 Å². The van der Waals surface area contributed by atoms with Crippen molar-refractivity contribution in [3.8, 4) is 11.5 Å². The Morgan fingerprint density at radius 2 is 1.82 bits per heavy atom. The highest BCUT2D eigenvalue weighted by atomic mass is 35.5. The number of likely N-dealkylation sites (tertiary alicyclic amines) is 1. The van der Waals surface area contributed by atoms with Gasteiger partial charge in [0, 0.05) is 39.4 Å². The predicted molar refractivity (Wildman–Crippen MR) is 146 cm³/mol. The lowest BCUT2D eigenvalue weighted by molar-refractivity contribution is -0.143. The number of ether oxygens (including phenoxy) is 2. The molecule has 0 unspecified atom stereocenters. The van der Waals surface area contributed by atoms with Crippen molar-refractivity contribution in [1.29, 1.82) is 0 Å². The molecule has 9 nitrogen and oxygen atoms in total. The number of H-pyrrole nitrogens is 1. The molecule has 8 rings (SSSR count). The number of imide groups is 1. The number of aromatic nitrogens is 1. The van der Waals surface area contributed by atoms with E-state index in [1.807, 2.05) is 36.5 Å². The van der Waals surface area contributed by atoms with E-state index in [2.05, 4.69) is 15.6 Å². The lowest BCUT2D eigenvalue weighted by Crippen LogP contribution is -2.53. The van der Waals surface area contributed by atoms with Crippen LogP contribution < -0.4 is 20.1 Å². The maximum atomic E-state index is 14.2. The smallest absolute Gasteiger partial charge is 0.250 e. The third-order valence-electron chi connectivity index (χ3n) is 8.66. The van der Waals surface area contributed by atoms with Crippen molar-refractivity contribution in [2.45, 2.75) is 24.5 Å². The maximum Gasteiger partial charge on any atom is 0.250 e. The topological polar surface area (TPSA) is 113 Å². The zero-order valence-corrected chi connectivity index (χ0v) is 21.8. The van der Waals surface area contributed by atoms with E-state index in [0.717, 1.165) is 22.0 Å². The summed E-state index contributed by atoms with van der Waals surface area (Å²) in [5.74, 6) is -1.51. The molecule has 3 N–H and O–H groups in total. The van der Waals surface area contributed by atoms with E-state index >= 15 is 0 Å². The second kappa shape index (κ2) is 8.33. The number of anilines is 1. The molecule has 0 saturated carbocycles. The Balaban J connectivity index is 1.22. The van der Waals surface area contributed by atoms with Crippen molar-refractivity contribution in [3.05, 3.63) is 88.6 Å². The molecule has 2 saturated heterocycles. The van der Waals surface area contributed by atoms with Gasteiger partial charge in [-0.3, -0.25) is 24.6 Å². The van der Waals surface area contributed by atoms with E-state index in [9.17, 15) is 14.4 Å². The van der Waals surface area contributed by atoms with Crippen LogP contribution in [-0.4, -0.2) is 40.4 Å². The van der Waals surface area contributed by atoms with Crippen molar-refractivity contribution in [2.75, 3.05) is 12.1 Å². The van der Waals surface area contributed by atoms with Crippen LogP contribution in [0.5, 0.6) is 11.5 Å². The minimum atomic E-state index is -1.42. The molecular formula is C30H23ClN4O5. The molecule has 4 aromatic rings. The SMILES string of the molecule is O=C1[C@@H]2[C@H](Cc3c[nH]c4ccccc34)N[C@]3(C(=O)Nc4ccc(Cl)cc43)[C@H]2C(=O)N1Cc1ccc2c(c1)OCO2. The zero-order valence-electron chi connectivity index (χ0n) is 21.1. The van der Waals surface area contributed by atoms with Gasteiger partial charge in [-0.15, -0.1) is 0 Å². The van der Waals surface area contributed by atoms with Crippen molar-refractivity contribution in [2.24, 2.45) is 11.8 Å². The van der Waals surface area contributed by atoms with E-state index in [1.165, 1.54) is 4.90 Å². The van der Waals surface area contributed by atoms with Crippen LogP contribution in [0, 0.1) is 11.8 Å². The molecule has 0 aliphatic carbocycles. The standard InChI is InChI=1S/C30H23ClN4O5/c31-17-6-7-21-19(11-17)30(29(38)33-21)26-25(22(34-30)10-16-12-32-20-4-2-1-3-18(16)20)27(36)35(28(26)37)13-15-5-8-23-24(9-15)40-14-39-23/h1-9,11-12,22,25-26,32,34H,10,13-14H2,(H,33,38)/t22-,25+,26+,30-/m0/s1. The molecule has 1 spiro atoms. The largest absolute Gasteiger partial charge is 0.454 e. The average Bonchev–Trinajstić information content (AvgIpc) is 3.75. The van der Waals surface area contributed by atoms with Crippen LogP contribution in [0.3, 0.4) is 0 Å². The van der Waals surface area contributed by atoms with Gasteiger partial charge in [0.05, 0.1) is 18.4 Å². The summed E-state index contributed by atoms with van der Waals surface area (Å²) < 4.78 is 10.9. The summed E-state index contributed by atoms with van der Waals surface area (Å²) in [6.07, 6.45) is 2.38. The summed E-state index contributed by atoms with van der Waals surface area (Å²) in [6, 6.07) is 18.0. The highest BCUT2D eigenvalue weighted by Gasteiger charge is 2.70. The number of carbonyl (C=O) groups is 3. The number of amides is 3. The van der Waals surface area contributed by atoms with Crippen LogP contribution in [0.4, 0.5) is 5.69 Å². The minimum Gasteiger partial charge on any atom is -0.454 e. The highest BCUT2D eigenvalue weighted by Crippen LogP contribution is 2.54. The van der Waals surface area contributed by atoms with E-state index in [0.29, 0.717) is 34.2 Å². The summed E-state index contributed by atoms with van der Waals surface area (Å²) in [5, 5.41) is 7.91. The molecule has 5 heterocycles. The first kappa shape index (κ1) is 23.5. The Labute approximate surface area is 233 Å². The van der Waals surface area contributed by atoms with Crippen LogP contribution in [0.15, 0.2) is 66.9 Å². The van der Waals surface area contributed by atoms with E-state index < -0.39 is 23.4 Å². The fourth-order valence-corrected chi connectivity index (χ4v) is 7.10. The first-order valence-electron chi connectivity index (χ1n) is 13.1. The van der Waals surface area contributed by atoms with Crippen LogP contribution in [0.25, 0.3) is 10.9 Å². The summed E-state index contributed by atoms with van der Waals surface area (Å²) in [4.78, 5) is 46.6. The number of para-hydroxylation sites is 1. The summed E-state index contributed by atoms with van der Waals surface area (Å²) in [7, 11) is 0. The molecule has 10 heteroatoms. The van der Waals surface area contributed by atoms with Gasteiger partial charge in [0.1, 0.15) is 5.54 Å². The number of carbonyl (C=O) groups excluding carboxylic acids is 3. The predicted octanol–water partition coefficient (Wildman–Crippen LogP) is 3.71. The van der Waals surface area contributed by atoms with Gasteiger partial charge in [0.15, 0.2) is 11.5 Å². The molecular weight excluding hydrogens is 532 g/mol. The summed E-state index contributed by atoms with van der Waals surface area (Å²) in [6.45, 7) is 0.201. The Kier molecular flexibility index (Phi) is 4.90. The molecule has 2 fully saturated rings. The second-order valence-corrected chi connectivity index (χ2v) is 11.2. The third-order valence-corrected chi connectivity index (χ3v) is 8.90. The molecule has 40 heavy (non-hydrogen) atoms. The minimum absolute atomic E-state index is 0.0706. The molecule has 0 radical (unpaired) electrons. The number of rotatable bonds is 4. The van der Waals surface area contributed by atoms with Gasteiger partial charge in [0.2, 0.25) is 24.5 Å². The normalized spacial score (nSPS) is 26.2. The molecule has 3 amide bonds. The average molecular weight is 555 g/mol. The summed E-state index contributed by atoms with van der Waals surface area (Å²) in [5.41, 5.74) is 2.48. The summed E-state index contributed by atoms with van der Waals surface area (Å²) >= 11 is 6.38. The maximum absolute atomic E-state index is 14.2.